The van der Waals surface area contributed by atoms with E-state index in [0.29, 0.717) is 30.8 Å². The van der Waals surface area contributed by atoms with E-state index in [1.165, 1.54) is 15.4 Å². The van der Waals surface area contributed by atoms with Gasteiger partial charge >= 0.3 is 0 Å². The van der Waals surface area contributed by atoms with E-state index >= 15 is 0 Å². The van der Waals surface area contributed by atoms with Crippen molar-refractivity contribution >= 4 is 21.6 Å². The number of anilines is 1. The van der Waals surface area contributed by atoms with Crippen molar-refractivity contribution < 1.29 is 13.2 Å². The van der Waals surface area contributed by atoms with Crippen molar-refractivity contribution in [2.45, 2.75) is 26.1 Å². The number of rotatable bonds is 4. The average molecular weight is 371 g/mol. The van der Waals surface area contributed by atoms with Crippen molar-refractivity contribution in [1.29, 1.82) is 0 Å². The Morgan fingerprint density at radius 2 is 1.96 bits per heavy atom. The first kappa shape index (κ1) is 17.1. The topological polar surface area (TPSA) is 78.5 Å². The van der Waals surface area contributed by atoms with Crippen LogP contribution in [-0.2, 0) is 29.7 Å². The molecular formula is C19H21N3O3S. The zero-order valence-electron chi connectivity index (χ0n) is 14.4. The van der Waals surface area contributed by atoms with Crippen LogP contribution in [0.3, 0.4) is 0 Å². The Balaban J connectivity index is 1.46. The second kappa shape index (κ2) is 6.74. The molecule has 0 bridgehead atoms. The molecule has 2 aromatic carbocycles. The summed E-state index contributed by atoms with van der Waals surface area (Å²) in [6.45, 7) is 2.67. The molecule has 1 fully saturated rings. The lowest BCUT2D eigenvalue weighted by molar-refractivity contribution is 0.0951. The van der Waals surface area contributed by atoms with Gasteiger partial charge in [-0.25, -0.2) is 8.42 Å². The van der Waals surface area contributed by atoms with Gasteiger partial charge in [0.1, 0.15) is 0 Å². The van der Waals surface area contributed by atoms with E-state index in [2.05, 4.69) is 22.8 Å². The van der Waals surface area contributed by atoms with Crippen LogP contribution in [0.15, 0.2) is 42.5 Å². The maximum Gasteiger partial charge on any atom is 0.251 e. The molecule has 0 unspecified atom stereocenters. The van der Waals surface area contributed by atoms with Gasteiger partial charge < -0.3 is 10.6 Å². The minimum atomic E-state index is -3.25. The fourth-order valence-electron chi connectivity index (χ4n) is 3.47. The highest BCUT2D eigenvalue weighted by atomic mass is 32.2. The van der Waals surface area contributed by atoms with E-state index in [4.69, 9.17) is 0 Å². The molecule has 136 valence electrons. The molecule has 26 heavy (non-hydrogen) atoms. The summed E-state index contributed by atoms with van der Waals surface area (Å²) in [6, 6.07) is 13.0. The number of carbonyl (C=O) groups is 1. The van der Waals surface area contributed by atoms with Gasteiger partial charge in [0, 0.05) is 31.7 Å². The smallest absolute Gasteiger partial charge is 0.251 e. The van der Waals surface area contributed by atoms with Crippen LogP contribution in [0.4, 0.5) is 5.69 Å². The molecule has 2 N–H and O–H groups in total. The van der Waals surface area contributed by atoms with Gasteiger partial charge in [-0.3, -0.25) is 9.10 Å². The summed E-state index contributed by atoms with van der Waals surface area (Å²) in [5.74, 6) is -0.0431. The van der Waals surface area contributed by atoms with Gasteiger partial charge in [0.25, 0.3) is 5.91 Å². The Morgan fingerprint density at radius 3 is 2.77 bits per heavy atom. The van der Waals surface area contributed by atoms with Crippen molar-refractivity contribution in [3.05, 3.63) is 64.7 Å². The number of amides is 1. The number of fused-ring (bicyclic) bond motifs is 1. The Kier molecular flexibility index (Phi) is 4.42. The van der Waals surface area contributed by atoms with Crippen LogP contribution in [0.1, 0.15) is 33.5 Å². The molecular weight excluding hydrogens is 350 g/mol. The van der Waals surface area contributed by atoms with Crippen molar-refractivity contribution in [3.8, 4) is 0 Å². The van der Waals surface area contributed by atoms with Gasteiger partial charge in [-0.05, 0) is 41.3 Å². The van der Waals surface area contributed by atoms with Crippen LogP contribution in [0.5, 0.6) is 0 Å². The van der Waals surface area contributed by atoms with E-state index in [0.717, 1.165) is 18.7 Å². The van der Waals surface area contributed by atoms with E-state index in [-0.39, 0.29) is 11.7 Å². The lowest BCUT2D eigenvalue weighted by Gasteiger charge is -2.17. The standard InChI is InChI=1S/C19H21N3O3S/c23-19(21-11-14-5-6-16-12-20-13-17(16)9-14)15-3-1-4-18(10-15)22-7-2-8-26(22,24)25/h1,3-6,9-10,20H,2,7-8,11-13H2,(H,21,23). The predicted molar refractivity (Wildman–Crippen MR) is 100 cm³/mol. The summed E-state index contributed by atoms with van der Waals surface area (Å²) in [5.41, 5.74) is 4.66. The third-order valence-electron chi connectivity index (χ3n) is 4.85. The van der Waals surface area contributed by atoms with Crippen LogP contribution in [0.2, 0.25) is 0 Å². The Hall–Kier alpha value is -2.38. The van der Waals surface area contributed by atoms with Crippen LogP contribution in [-0.4, -0.2) is 26.6 Å². The number of carbonyl (C=O) groups excluding carboxylic acids is 1. The average Bonchev–Trinajstić information content (AvgIpc) is 3.24. The molecule has 2 aromatic rings. The van der Waals surface area contributed by atoms with E-state index in [9.17, 15) is 13.2 Å². The fraction of sp³-hybridized carbons (Fsp3) is 0.316. The minimum absolute atomic E-state index is 0.163. The second-order valence-corrected chi connectivity index (χ2v) is 8.69. The van der Waals surface area contributed by atoms with Gasteiger partial charge in [-0.15, -0.1) is 0 Å². The molecule has 1 amide bonds. The van der Waals surface area contributed by atoms with Gasteiger partial charge in [-0.1, -0.05) is 24.3 Å². The van der Waals surface area contributed by atoms with E-state index < -0.39 is 10.0 Å². The van der Waals surface area contributed by atoms with Crippen LogP contribution in [0.25, 0.3) is 0 Å². The monoisotopic (exact) mass is 371 g/mol. The Labute approximate surface area is 153 Å². The maximum absolute atomic E-state index is 12.5. The normalized spacial score (nSPS) is 17.9. The number of sulfonamides is 1. The number of benzene rings is 2. The molecule has 0 saturated carbocycles. The van der Waals surface area contributed by atoms with Gasteiger partial charge in [0.05, 0.1) is 11.4 Å². The van der Waals surface area contributed by atoms with Crippen LogP contribution >= 0.6 is 0 Å². The summed E-state index contributed by atoms with van der Waals surface area (Å²) in [6.07, 6.45) is 0.617. The molecule has 4 rings (SSSR count). The molecule has 0 spiro atoms. The lowest BCUT2D eigenvalue weighted by Crippen LogP contribution is -2.26. The Bertz CT molecular complexity index is 956. The SMILES string of the molecule is O=C(NCc1ccc2c(c1)CNC2)c1cccc(N2CCCS2(=O)=O)c1. The third kappa shape index (κ3) is 3.32. The summed E-state index contributed by atoms with van der Waals surface area (Å²) >= 11 is 0. The van der Waals surface area contributed by atoms with Crippen LogP contribution < -0.4 is 14.9 Å². The Morgan fingerprint density at radius 1 is 1.12 bits per heavy atom. The van der Waals surface area contributed by atoms with Crippen molar-refractivity contribution in [2.24, 2.45) is 0 Å². The van der Waals surface area contributed by atoms with Gasteiger partial charge in [0.15, 0.2) is 0 Å². The van der Waals surface area contributed by atoms with Crippen LogP contribution in [0, 0.1) is 0 Å². The molecule has 2 aliphatic heterocycles. The summed E-state index contributed by atoms with van der Waals surface area (Å²) < 4.78 is 25.5. The molecule has 1 saturated heterocycles. The number of hydrogen-bond acceptors (Lipinski definition) is 4. The molecule has 7 heteroatoms. The predicted octanol–water partition coefficient (Wildman–Crippen LogP) is 1.76. The molecule has 0 aliphatic carbocycles. The number of nitrogens with zero attached hydrogens (tertiary/aromatic N) is 1. The molecule has 6 nitrogen and oxygen atoms in total. The quantitative estimate of drug-likeness (QED) is 0.858. The van der Waals surface area contributed by atoms with Gasteiger partial charge in [0.2, 0.25) is 10.0 Å². The van der Waals surface area contributed by atoms with E-state index in [1.54, 1.807) is 24.3 Å². The number of hydrogen-bond donors (Lipinski definition) is 2. The molecule has 2 heterocycles. The molecule has 0 radical (unpaired) electrons. The van der Waals surface area contributed by atoms with E-state index in [1.807, 2.05) is 6.07 Å². The third-order valence-corrected chi connectivity index (χ3v) is 6.72. The summed E-state index contributed by atoms with van der Waals surface area (Å²) in [5, 5.41) is 6.22. The first-order valence-corrected chi connectivity index (χ1v) is 10.3. The highest BCUT2D eigenvalue weighted by molar-refractivity contribution is 7.93. The second-order valence-electron chi connectivity index (χ2n) is 6.68. The zero-order valence-corrected chi connectivity index (χ0v) is 15.2. The molecule has 2 aliphatic rings. The first-order valence-electron chi connectivity index (χ1n) is 8.73. The maximum atomic E-state index is 12.5. The van der Waals surface area contributed by atoms with Crippen molar-refractivity contribution in [1.82, 2.24) is 10.6 Å². The first-order chi connectivity index (χ1) is 12.5. The molecule has 0 aromatic heterocycles. The minimum Gasteiger partial charge on any atom is -0.348 e. The lowest BCUT2D eigenvalue weighted by atomic mass is 10.1. The molecule has 0 atom stereocenters. The number of nitrogens with one attached hydrogen (secondary N) is 2. The van der Waals surface area contributed by atoms with Gasteiger partial charge in [-0.2, -0.15) is 0 Å². The van der Waals surface area contributed by atoms with Crippen molar-refractivity contribution in [2.75, 3.05) is 16.6 Å². The highest BCUT2D eigenvalue weighted by Gasteiger charge is 2.28. The zero-order chi connectivity index (χ0) is 18.1. The van der Waals surface area contributed by atoms with Crippen molar-refractivity contribution in [3.63, 3.8) is 0 Å². The summed E-state index contributed by atoms with van der Waals surface area (Å²) in [4.78, 5) is 12.5. The highest BCUT2D eigenvalue weighted by Crippen LogP contribution is 2.24. The summed E-state index contributed by atoms with van der Waals surface area (Å²) in [7, 11) is -3.25. The largest absolute Gasteiger partial charge is 0.348 e. The fourth-order valence-corrected chi connectivity index (χ4v) is 5.03.